The highest BCUT2D eigenvalue weighted by Crippen LogP contribution is 2.31. The van der Waals surface area contributed by atoms with E-state index in [4.69, 9.17) is 4.74 Å². The Kier molecular flexibility index (Phi) is 6.55. The number of aryl methyl sites for hydroxylation is 2. The average molecular weight is 437 g/mol. The van der Waals surface area contributed by atoms with Crippen LogP contribution in [-0.2, 0) is 0 Å². The van der Waals surface area contributed by atoms with Crippen LogP contribution in [0.25, 0.3) is 21.3 Å². The minimum atomic E-state index is -0.0674. The molecule has 6 heteroatoms. The lowest BCUT2D eigenvalue weighted by Gasteiger charge is -2.08. The van der Waals surface area contributed by atoms with Crippen LogP contribution in [-0.4, -0.2) is 22.3 Å². The summed E-state index contributed by atoms with van der Waals surface area (Å²) >= 11 is 3.11. The maximum atomic E-state index is 12.7. The first-order valence-corrected chi connectivity index (χ1v) is 11.9. The average Bonchev–Trinajstić information content (AvgIpc) is 3.17. The lowest BCUT2D eigenvalue weighted by atomic mass is 10.1. The van der Waals surface area contributed by atoms with Crippen molar-refractivity contribution in [3.63, 3.8) is 0 Å². The van der Waals surface area contributed by atoms with Crippen LogP contribution in [0.3, 0.4) is 0 Å². The Balaban J connectivity index is 1.34. The van der Waals surface area contributed by atoms with Gasteiger partial charge in [0, 0.05) is 16.7 Å². The molecule has 4 rings (SSSR count). The third kappa shape index (κ3) is 4.77. The first-order chi connectivity index (χ1) is 14.6. The van der Waals surface area contributed by atoms with Crippen LogP contribution in [0.15, 0.2) is 63.9 Å². The molecule has 0 aliphatic rings. The Hall–Kier alpha value is -2.57. The Morgan fingerprint density at radius 2 is 1.87 bits per heavy atom. The van der Waals surface area contributed by atoms with Crippen LogP contribution in [0.4, 0.5) is 0 Å². The fourth-order valence-corrected chi connectivity index (χ4v) is 5.08. The number of rotatable bonds is 8. The molecule has 2 heterocycles. The van der Waals surface area contributed by atoms with E-state index in [2.05, 4.69) is 54.1 Å². The van der Waals surface area contributed by atoms with Gasteiger partial charge in [0.15, 0.2) is 5.16 Å². The number of aromatic amines is 1. The second-order valence-corrected chi connectivity index (χ2v) is 9.18. The molecule has 0 aliphatic heterocycles. The second-order valence-electron chi connectivity index (χ2n) is 7.24. The van der Waals surface area contributed by atoms with Gasteiger partial charge in [0.2, 0.25) is 0 Å². The third-order valence-corrected chi connectivity index (χ3v) is 6.75. The molecule has 0 aliphatic carbocycles. The number of aromatic nitrogens is 2. The van der Waals surface area contributed by atoms with Gasteiger partial charge in [-0.05, 0) is 43.9 Å². The van der Waals surface area contributed by atoms with E-state index in [9.17, 15) is 4.79 Å². The minimum Gasteiger partial charge on any atom is -0.493 e. The molecule has 0 unspecified atom stereocenters. The summed E-state index contributed by atoms with van der Waals surface area (Å²) in [5.41, 5.74) is 4.29. The third-order valence-electron chi connectivity index (χ3n) is 4.91. The predicted octanol–water partition coefficient (Wildman–Crippen LogP) is 6.22. The van der Waals surface area contributed by atoms with Gasteiger partial charge in [0.25, 0.3) is 5.56 Å². The summed E-state index contributed by atoms with van der Waals surface area (Å²) in [6.45, 7) is 4.81. The fraction of sp³-hybridized carbons (Fsp3) is 0.250. The molecule has 0 spiro atoms. The van der Waals surface area contributed by atoms with Gasteiger partial charge in [0.05, 0.1) is 12.0 Å². The lowest BCUT2D eigenvalue weighted by Crippen LogP contribution is -2.08. The van der Waals surface area contributed by atoms with Crippen molar-refractivity contribution in [2.45, 2.75) is 31.8 Å². The van der Waals surface area contributed by atoms with Crippen molar-refractivity contribution in [2.75, 3.05) is 12.4 Å². The molecule has 2 aromatic heterocycles. The summed E-state index contributed by atoms with van der Waals surface area (Å²) in [5.74, 6) is 1.84. The van der Waals surface area contributed by atoms with Gasteiger partial charge in [0.1, 0.15) is 10.6 Å². The molecule has 1 N–H and O–H groups in total. The Bertz CT molecular complexity index is 1200. The minimum absolute atomic E-state index is 0.0674. The first-order valence-electron chi connectivity index (χ1n) is 10.0. The van der Waals surface area contributed by atoms with Crippen molar-refractivity contribution in [2.24, 2.45) is 0 Å². The molecule has 0 atom stereocenters. The number of nitrogens with one attached hydrogen (secondary N) is 1. The molecule has 154 valence electrons. The van der Waals surface area contributed by atoms with Crippen LogP contribution in [0.1, 0.15) is 24.0 Å². The highest BCUT2D eigenvalue weighted by atomic mass is 32.2. The van der Waals surface area contributed by atoms with E-state index < -0.39 is 0 Å². The highest BCUT2D eigenvalue weighted by Gasteiger charge is 2.13. The molecule has 4 aromatic rings. The number of para-hydroxylation sites is 1. The molecule has 30 heavy (non-hydrogen) atoms. The zero-order valence-electron chi connectivity index (χ0n) is 17.1. The normalized spacial score (nSPS) is 11.1. The number of ether oxygens (including phenoxy) is 1. The van der Waals surface area contributed by atoms with Crippen LogP contribution in [0.5, 0.6) is 5.75 Å². The summed E-state index contributed by atoms with van der Waals surface area (Å²) in [5, 5.41) is 3.39. The number of nitrogens with zero attached hydrogens (tertiary/aromatic N) is 1. The summed E-state index contributed by atoms with van der Waals surface area (Å²) in [6.07, 6.45) is 1.96. The first kappa shape index (κ1) is 20.7. The summed E-state index contributed by atoms with van der Waals surface area (Å²) in [6, 6.07) is 16.3. The SMILES string of the molecule is Cc1ccc(-c2csc3nc(SCCCCOc4ccccc4C)[nH]c(=O)c23)cc1. The van der Waals surface area contributed by atoms with Gasteiger partial charge in [-0.1, -0.05) is 59.8 Å². The number of thiophene rings is 1. The monoisotopic (exact) mass is 436 g/mol. The van der Waals surface area contributed by atoms with Crippen molar-refractivity contribution in [1.82, 2.24) is 9.97 Å². The van der Waals surface area contributed by atoms with Gasteiger partial charge >= 0.3 is 0 Å². The van der Waals surface area contributed by atoms with Gasteiger partial charge < -0.3 is 9.72 Å². The molecule has 0 saturated heterocycles. The van der Waals surface area contributed by atoms with Crippen molar-refractivity contribution >= 4 is 33.3 Å². The van der Waals surface area contributed by atoms with Gasteiger partial charge in [-0.15, -0.1) is 11.3 Å². The highest BCUT2D eigenvalue weighted by molar-refractivity contribution is 7.99. The molecular weight excluding hydrogens is 412 g/mol. The number of thioether (sulfide) groups is 1. The van der Waals surface area contributed by atoms with Crippen LogP contribution < -0.4 is 10.3 Å². The van der Waals surface area contributed by atoms with E-state index >= 15 is 0 Å². The molecule has 0 saturated carbocycles. The molecule has 2 aromatic carbocycles. The molecule has 0 fully saturated rings. The number of hydrogen-bond acceptors (Lipinski definition) is 5. The Labute approximate surface area is 184 Å². The number of H-pyrrole nitrogens is 1. The maximum Gasteiger partial charge on any atom is 0.260 e. The van der Waals surface area contributed by atoms with Gasteiger partial charge in [-0.25, -0.2) is 4.98 Å². The van der Waals surface area contributed by atoms with E-state index in [0.29, 0.717) is 17.1 Å². The standard InChI is InChI=1S/C24H24N2O2S2/c1-16-9-11-18(12-10-16)19-15-30-23-21(19)22(27)25-24(26-23)29-14-6-5-13-28-20-8-4-3-7-17(20)2/h3-4,7-12,15H,5-6,13-14H2,1-2H3,(H,25,26,27). The van der Waals surface area contributed by atoms with E-state index in [-0.39, 0.29) is 5.56 Å². The lowest BCUT2D eigenvalue weighted by molar-refractivity contribution is 0.308. The van der Waals surface area contributed by atoms with Crippen LogP contribution >= 0.6 is 23.1 Å². The Morgan fingerprint density at radius 3 is 2.67 bits per heavy atom. The molecule has 0 bridgehead atoms. The number of fused-ring (bicyclic) bond motifs is 1. The van der Waals surface area contributed by atoms with Gasteiger partial charge in [-0.3, -0.25) is 4.79 Å². The molecule has 0 amide bonds. The second kappa shape index (κ2) is 9.49. The number of benzene rings is 2. The van der Waals surface area contributed by atoms with Crippen LogP contribution in [0, 0.1) is 13.8 Å². The van der Waals surface area contributed by atoms with E-state index in [0.717, 1.165) is 45.9 Å². The largest absolute Gasteiger partial charge is 0.493 e. The molecule has 4 nitrogen and oxygen atoms in total. The zero-order chi connectivity index (χ0) is 20.9. The van der Waals surface area contributed by atoms with Crippen molar-refractivity contribution in [1.29, 1.82) is 0 Å². The zero-order valence-corrected chi connectivity index (χ0v) is 18.7. The van der Waals surface area contributed by atoms with Crippen molar-refractivity contribution in [3.8, 4) is 16.9 Å². The van der Waals surface area contributed by atoms with Crippen molar-refractivity contribution < 1.29 is 4.74 Å². The topological polar surface area (TPSA) is 55.0 Å². The number of unbranched alkanes of at least 4 members (excludes halogenated alkanes) is 1. The number of hydrogen-bond donors (Lipinski definition) is 1. The summed E-state index contributed by atoms with van der Waals surface area (Å²) < 4.78 is 5.84. The molecular formula is C24H24N2O2S2. The van der Waals surface area contributed by atoms with Crippen LogP contribution in [0.2, 0.25) is 0 Å². The van der Waals surface area contributed by atoms with Crippen molar-refractivity contribution in [3.05, 3.63) is 75.4 Å². The predicted molar refractivity (Wildman–Crippen MR) is 127 cm³/mol. The quantitative estimate of drug-likeness (QED) is 0.202. The van der Waals surface area contributed by atoms with Gasteiger partial charge in [-0.2, -0.15) is 0 Å². The summed E-state index contributed by atoms with van der Waals surface area (Å²) in [4.78, 5) is 21.1. The van der Waals surface area contributed by atoms with E-state index in [1.54, 1.807) is 11.8 Å². The van der Waals surface area contributed by atoms with E-state index in [1.165, 1.54) is 16.9 Å². The van der Waals surface area contributed by atoms with E-state index in [1.807, 2.05) is 23.6 Å². The molecule has 0 radical (unpaired) electrons. The summed E-state index contributed by atoms with van der Waals surface area (Å²) in [7, 11) is 0. The maximum absolute atomic E-state index is 12.7. The smallest absolute Gasteiger partial charge is 0.260 e. The fourth-order valence-electron chi connectivity index (χ4n) is 3.22. The Morgan fingerprint density at radius 1 is 1.07 bits per heavy atom.